The van der Waals surface area contributed by atoms with Crippen molar-refractivity contribution in [3.8, 4) is 23.0 Å². The van der Waals surface area contributed by atoms with Crippen LogP contribution in [0.25, 0.3) is 0 Å². The summed E-state index contributed by atoms with van der Waals surface area (Å²) in [6.45, 7) is 0.222. The van der Waals surface area contributed by atoms with Crippen molar-refractivity contribution in [2.45, 2.75) is 6.10 Å². The van der Waals surface area contributed by atoms with Gasteiger partial charge in [0, 0.05) is 11.6 Å². The lowest BCUT2D eigenvalue weighted by molar-refractivity contribution is 0.0716. The van der Waals surface area contributed by atoms with Gasteiger partial charge in [-0.1, -0.05) is 17.2 Å². The zero-order valence-electron chi connectivity index (χ0n) is 15.2. The molecule has 1 N–H and O–H groups in total. The van der Waals surface area contributed by atoms with E-state index in [1.165, 1.54) is 14.2 Å². The van der Waals surface area contributed by atoms with Gasteiger partial charge in [-0.25, -0.2) is 0 Å². The van der Waals surface area contributed by atoms with Crippen LogP contribution in [0, 0.1) is 0 Å². The molecule has 0 radical (unpaired) electrons. The average molecular weight is 383 g/mol. The summed E-state index contributed by atoms with van der Waals surface area (Å²) in [5, 5.41) is 10.3. The number of carbonyl (C=O) groups is 1. The van der Waals surface area contributed by atoms with Crippen LogP contribution < -0.4 is 24.3 Å². The Kier molecular flexibility index (Phi) is 4.71. The van der Waals surface area contributed by atoms with Crippen LogP contribution in [0.1, 0.15) is 22.4 Å². The third kappa shape index (κ3) is 3.54. The lowest BCUT2D eigenvalue weighted by Crippen LogP contribution is -2.21. The van der Waals surface area contributed by atoms with Crippen molar-refractivity contribution in [2.75, 3.05) is 26.1 Å². The summed E-state index contributed by atoms with van der Waals surface area (Å²) in [5.41, 5.74) is 0.321. The molecule has 0 fully saturated rings. The molecular weight excluding hydrogens is 366 g/mol. The number of nitrogens with zero attached hydrogens (tertiary/aromatic N) is 2. The molecule has 0 aliphatic carbocycles. The molecule has 0 unspecified atom stereocenters. The van der Waals surface area contributed by atoms with E-state index >= 15 is 0 Å². The second kappa shape index (κ2) is 7.47. The van der Waals surface area contributed by atoms with Crippen LogP contribution in [0.5, 0.6) is 23.0 Å². The predicted molar refractivity (Wildman–Crippen MR) is 97.1 cm³/mol. The van der Waals surface area contributed by atoms with Crippen molar-refractivity contribution >= 4 is 11.9 Å². The molecule has 144 valence electrons. The Morgan fingerprint density at radius 3 is 2.50 bits per heavy atom. The number of aromatic nitrogens is 2. The summed E-state index contributed by atoms with van der Waals surface area (Å²) < 4.78 is 27.3. The van der Waals surface area contributed by atoms with Gasteiger partial charge in [-0.3, -0.25) is 10.1 Å². The maximum atomic E-state index is 12.5. The zero-order chi connectivity index (χ0) is 19.5. The molecule has 1 aliphatic heterocycles. The van der Waals surface area contributed by atoms with Crippen LogP contribution in [-0.4, -0.2) is 36.9 Å². The summed E-state index contributed by atoms with van der Waals surface area (Å²) in [7, 11) is 3.01. The molecule has 0 bridgehead atoms. The van der Waals surface area contributed by atoms with E-state index in [4.69, 9.17) is 23.4 Å². The molecule has 2 heterocycles. The minimum absolute atomic E-state index is 0.0516. The van der Waals surface area contributed by atoms with Gasteiger partial charge in [0.15, 0.2) is 11.5 Å². The highest BCUT2D eigenvalue weighted by atomic mass is 16.6. The van der Waals surface area contributed by atoms with E-state index in [0.717, 1.165) is 0 Å². The summed E-state index contributed by atoms with van der Waals surface area (Å²) in [5.74, 6) is 1.97. The van der Waals surface area contributed by atoms with Gasteiger partial charge in [0.25, 0.3) is 11.8 Å². The SMILES string of the molecule is COc1cc(OC)cc(C(=O)Nc2nnc([C@@H]3COc4ccccc4O3)o2)c1. The molecule has 3 aromatic rings. The standard InChI is InChI=1S/C19H17N3O6/c1-24-12-7-11(8-13(9-12)25-2)17(23)20-19-22-21-18(28-19)16-10-26-14-5-3-4-6-15(14)27-16/h3-9,16H,10H2,1-2H3,(H,20,22,23)/t16-/m0/s1. The zero-order valence-corrected chi connectivity index (χ0v) is 15.2. The summed E-state index contributed by atoms with van der Waals surface area (Å²) in [6, 6.07) is 12.1. The van der Waals surface area contributed by atoms with Crippen molar-refractivity contribution in [3.05, 3.63) is 53.9 Å². The van der Waals surface area contributed by atoms with Crippen molar-refractivity contribution < 1.29 is 28.2 Å². The molecule has 0 saturated carbocycles. The number of hydrogen-bond donors (Lipinski definition) is 1. The molecular formula is C19H17N3O6. The van der Waals surface area contributed by atoms with E-state index in [-0.39, 0.29) is 18.5 Å². The number of ether oxygens (including phenoxy) is 4. The van der Waals surface area contributed by atoms with Gasteiger partial charge in [0.2, 0.25) is 6.10 Å². The van der Waals surface area contributed by atoms with Crippen molar-refractivity contribution in [3.63, 3.8) is 0 Å². The Hall–Kier alpha value is -3.75. The van der Waals surface area contributed by atoms with E-state index < -0.39 is 12.0 Å². The number of rotatable bonds is 5. The fraction of sp³-hybridized carbons (Fsp3) is 0.211. The Morgan fingerprint density at radius 2 is 1.79 bits per heavy atom. The first kappa shape index (κ1) is 17.7. The number of methoxy groups -OCH3 is 2. The highest BCUT2D eigenvalue weighted by molar-refractivity contribution is 6.03. The summed E-state index contributed by atoms with van der Waals surface area (Å²) in [6.07, 6.45) is -0.565. The van der Waals surface area contributed by atoms with Gasteiger partial charge in [0.05, 0.1) is 14.2 Å². The first-order chi connectivity index (χ1) is 13.7. The third-order valence-corrected chi connectivity index (χ3v) is 4.06. The number of amides is 1. The van der Waals surface area contributed by atoms with Crippen LogP contribution in [-0.2, 0) is 0 Å². The number of para-hydroxylation sites is 2. The van der Waals surface area contributed by atoms with Crippen LogP contribution in [0.15, 0.2) is 46.9 Å². The van der Waals surface area contributed by atoms with E-state index in [0.29, 0.717) is 28.6 Å². The maximum Gasteiger partial charge on any atom is 0.322 e. The van der Waals surface area contributed by atoms with Crippen molar-refractivity contribution in [1.29, 1.82) is 0 Å². The molecule has 2 aromatic carbocycles. The topological polar surface area (TPSA) is 105 Å². The molecule has 1 atom stereocenters. The van der Waals surface area contributed by atoms with Crippen molar-refractivity contribution in [1.82, 2.24) is 10.2 Å². The van der Waals surface area contributed by atoms with Crippen LogP contribution in [0.3, 0.4) is 0 Å². The van der Waals surface area contributed by atoms with Gasteiger partial charge in [-0.15, -0.1) is 5.10 Å². The third-order valence-electron chi connectivity index (χ3n) is 4.06. The van der Waals surface area contributed by atoms with E-state index in [1.54, 1.807) is 24.3 Å². The first-order valence-electron chi connectivity index (χ1n) is 8.42. The highest BCUT2D eigenvalue weighted by Crippen LogP contribution is 2.35. The smallest absolute Gasteiger partial charge is 0.322 e. The second-order valence-electron chi connectivity index (χ2n) is 5.87. The number of carbonyl (C=O) groups excluding carboxylic acids is 1. The number of benzene rings is 2. The highest BCUT2D eigenvalue weighted by Gasteiger charge is 2.27. The Labute approximate surface area is 160 Å². The fourth-order valence-electron chi connectivity index (χ4n) is 2.66. The van der Waals surface area contributed by atoms with Crippen LogP contribution in [0.2, 0.25) is 0 Å². The van der Waals surface area contributed by atoms with Gasteiger partial charge >= 0.3 is 6.01 Å². The number of nitrogens with one attached hydrogen (secondary N) is 1. The normalized spacial score (nSPS) is 15.0. The summed E-state index contributed by atoms with van der Waals surface area (Å²) >= 11 is 0. The van der Waals surface area contributed by atoms with Gasteiger partial charge in [-0.05, 0) is 24.3 Å². The van der Waals surface area contributed by atoms with Crippen LogP contribution in [0.4, 0.5) is 6.01 Å². The van der Waals surface area contributed by atoms with E-state index in [1.807, 2.05) is 18.2 Å². The quantitative estimate of drug-likeness (QED) is 0.717. The lowest BCUT2D eigenvalue weighted by Gasteiger charge is -2.23. The van der Waals surface area contributed by atoms with E-state index in [2.05, 4.69) is 15.5 Å². The molecule has 0 saturated heterocycles. The second-order valence-corrected chi connectivity index (χ2v) is 5.87. The summed E-state index contributed by atoms with van der Waals surface area (Å²) in [4.78, 5) is 12.5. The minimum atomic E-state index is -0.565. The van der Waals surface area contributed by atoms with Gasteiger partial charge < -0.3 is 23.4 Å². The maximum absolute atomic E-state index is 12.5. The largest absolute Gasteiger partial charge is 0.497 e. The van der Waals surface area contributed by atoms with Gasteiger partial charge in [-0.2, -0.15) is 0 Å². The lowest BCUT2D eigenvalue weighted by atomic mass is 10.2. The average Bonchev–Trinajstić information content (AvgIpc) is 3.21. The molecule has 1 aliphatic rings. The monoisotopic (exact) mass is 383 g/mol. The molecule has 9 nitrogen and oxygen atoms in total. The van der Waals surface area contributed by atoms with E-state index in [9.17, 15) is 4.79 Å². The molecule has 9 heteroatoms. The molecule has 4 rings (SSSR count). The van der Waals surface area contributed by atoms with Crippen molar-refractivity contribution in [2.24, 2.45) is 0 Å². The Bertz CT molecular complexity index is 981. The molecule has 1 amide bonds. The number of anilines is 1. The molecule has 28 heavy (non-hydrogen) atoms. The molecule has 1 aromatic heterocycles. The Balaban J connectivity index is 1.47. The Morgan fingerprint density at radius 1 is 1.07 bits per heavy atom. The first-order valence-corrected chi connectivity index (χ1v) is 8.42. The number of fused-ring (bicyclic) bond motifs is 1. The predicted octanol–water partition coefficient (Wildman–Crippen LogP) is 2.85. The minimum Gasteiger partial charge on any atom is -0.497 e. The number of hydrogen-bond acceptors (Lipinski definition) is 8. The fourth-order valence-corrected chi connectivity index (χ4v) is 2.66. The van der Waals surface area contributed by atoms with Gasteiger partial charge in [0.1, 0.15) is 18.1 Å². The van der Waals surface area contributed by atoms with Crippen LogP contribution >= 0.6 is 0 Å². The molecule has 0 spiro atoms.